The van der Waals surface area contributed by atoms with Crippen molar-refractivity contribution in [3.63, 3.8) is 0 Å². The van der Waals surface area contributed by atoms with Crippen LogP contribution in [0.1, 0.15) is 44.2 Å². The molecule has 10 heteroatoms. The molecule has 0 saturated carbocycles. The minimum atomic E-state index is -1.06. The summed E-state index contributed by atoms with van der Waals surface area (Å²) in [5.74, 6) is -1.87. The van der Waals surface area contributed by atoms with Crippen molar-refractivity contribution < 1.29 is 18.3 Å². The molecule has 2 aliphatic heterocycles. The molecule has 2 aromatic carbocycles. The predicted molar refractivity (Wildman–Crippen MR) is 165 cm³/mol. The van der Waals surface area contributed by atoms with Crippen molar-refractivity contribution in [1.82, 2.24) is 19.8 Å². The highest BCUT2D eigenvalue weighted by Crippen LogP contribution is 2.43. The van der Waals surface area contributed by atoms with Crippen LogP contribution in [0.4, 0.5) is 14.6 Å². The van der Waals surface area contributed by atoms with Gasteiger partial charge in [0, 0.05) is 36.6 Å². The van der Waals surface area contributed by atoms with Gasteiger partial charge in [0.1, 0.15) is 17.9 Å². The first kappa shape index (κ1) is 29.9. The molecule has 0 spiro atoms. The zero-order chi connectivity index (χ0) is 31.2. The maximum atomic E-state index is 16.7. The van der Waals surface area contributed by atoms with Gasteiger partial charge >= 0.3 is 6.01 Å². The molecular formula is C34H38F2N6O2. The van der Waals surface area contributed by atoms with E-state index >= 15 is 4.39 Å². The molecule has 2 saturated heterocycles. The van der Waals surface area contributed by atoms with E-state index in [9.17, 15) is 14.4 Å². The Bertz CT molecular complexity index is 1670. The number of likely N-dealkylation sites (N-methyl/N-ethyl adjacent to an activating group) is 1. The van der Waals surface area contributed by atoms with Crippen molar-refractivity contribution in [1.29, 1.82) is 5.26 Å². The predicted octanol–water partition coefficient (Wildman–Crippen LogP) is 5.45. The number of benzene rings is 2. The monoisotopic (exact) mass is 600 g/mol. The van der Waals surface area contributed by atoms with Crippen molar-refractivity contribution in [2.45, 2.75) is 58.0 Å². The Kier molecular flexibility index (Phi) is 8.01. The van der Waals surface area contributed by atoms with E-state index in [4.69, 9.17) is 9.72 Å². The zero-order valence-electron chi connectivity index (χ0n) is 25.6. The molecule has 0 N–H and O–H groups in total. The second-order valence-electron chi connectivity index (χ2n) is 13.1. The molecule has 8 nitrogen and oxygen atoms in total. The summed E-state index contributed by atoms with van der Waals surface area (Å²) in [6.45, 7) is 9.66. The summed E-state index contributed by atoms with van der Waals surface area (Å²) in [7, 11) is 2.06. The molecule has 2 atom stereocenters. The fourth-order valence-electron chi connectivity index (χ4n) is 7.07. The topological polar surface area (TPSA) is 85.6 Å². The highest BCUT2D eigenvalue weighted by Gasteiger charge is 2.34. The maximum absolute atomic E-state index is 16.7. The Labute approximate surface area is 256 Å². The minimum absolute atomic E-state index is 0.00385. The lowest BCUT2D eigenvalue weighted by atomic mass is 9.89. The van der Waals surface area contributed by atoms with E-state index in [-0.39, 0.29) is 42.5 Å². The molecule has 44 heavy (non-hydrogen) atoms. The Balaban J connectivity index is 1.42. The Morgan fingerprint density at radius 2 is 1.95 bits per heavy atom. The number of rotatable bonds is 7. The van der Waals surface area contributed by atoms with E-state index in [0.29, 0.717) is 29.9 Å². The van der Waals surface area contributed by atoms with Gasteiger partial charge in [0.05, 0.1) is 18.5 Å². The largest absolute Gasteiger partial charge is 0.462 e. The number of aromatic nitrogens is 2. The van der Waals surface area contributed by atoms with Crippen LogP contribution >= 0.6 is 0 Å². The number of carbonyl (C=O) groups is 1. The number of amides is 1. The fourth-order valence-corrected chi connectivity index (χ4v) is 7.07. The zero-order valence-corrected chi connectivity index (χ0v) is 25.6. The van der Waals surface area contributed by atoms with Crippen molar-refractivity contribution in [2.24, 2.45) is 5.41 Å². The van der Waals surface area contributed by atoms with Gasteiger partial charge in [-0.15, -0.1) is 0 Å². The second-order valence-corrected chi connectivity index (χ2v) is 13.1. The third kappa shape index (κ3) is 5.61. The van der Waals surface area contributed by atoms with Gasteiger partial charge in [-0.05, 0) is 67.4 Å². The summed E-state index contributed by atoms with van der Waals surface area (Å²) < 4.78 is 36.6. The molecule has 1 amide bonds. The number of carbonyl (C=O) groups excluding carboxylic acids is 1. The van der Waals surface area contributed by atoms with Gasteiger partial charge in [0.2, 0.25) is 0 Å². The van der Waals surface area contributed by atoms with Crippen LogP contribution in [0, 0.1) is 22.6 Å². The van der Waals surface area contributed by atoms with E-state index in [1.54, 1.807) is 6.07 Å². The Hall–Kier alpha value is -4.10. The third-order valence-electron chi connectivity index (χ3n) is 9.33. The molecule has 0 radical (unpaired) electrons. The number of nitriles is 1. The van der Waals surface area contributed by atoms with E-state index in [1.165, 1.54) is 16.0 Å². The number of piperazine rings is 1. The molecular weight excluding hydrogens is 562 g/mol. The highest BCUT2D eigenvalue weighted by atomic mass is 19.1. The molecule has 230 valence electrons. The average molecular weight is 601 g/mol. The van der Waals surface area contributed by atoms with Gasteiger partial charge in [-0.25, -0.2) is 8.78 Å². The molecule has 1 aliphatic carbocycles. The summed E-state index contributed by atoms with van der Waals surface area (Å²) in [4.78, 5) is 27.4. The van der Waals surface area contributed by atoms with Crippen LogP contribution in [-0.2, 0) is 17.6 Å². The first-order chi connectivity index (χ1) is 21.1. The number of hydrogen-bond donors (Lipinski definition) is 0. The summed E-state index contributed by atoms with van der Waals surface area (Å²) in [5, 5.41) is 9.99. The maximum Gasteiger partial charge on any atom is 0.319 e. The van der Waals surface area contributed by atoms with E-state index in [0.717, 1.165) is 37.8 Å². The van der Waals surface area contributed by atoms with Gasteiger partial charge in [0.15, 0.2) is 11.6 Å². The van der Waals surface area contributed by atoms with Gasteiger partial charge in [-0.2, -0.15) is 15.2 Å². The SMILES string of the molecule is C=C(F)C(=O)N1CCN(c2nc(OC[C@@H]3CCCN3C)nc3c(F)c(-c4cccc5c4CC(C)(C)C5)ccc23)C[C@@H]1CC#N. The van der Waals surface area contributed by atoms with Crippen LogP contribution < -0.4 is 9.64 Å². The van der Waals surface area contributed by atoms with Crippen LogP contribution in [0.2, 0.25) is 0 Å². The number of fused-ring (bicyclic) bond motifs is 2. The van der Waals surface area contributed by atoms with Gasteiger partial charge in [0.25, 0.3) is 5.91 Å². The van der Waals surface area contributed by atoms with Crippen molar-refractivity contribution in [3.8, 4) is 23.2 Å². The fraction of sp³-hybridized carbons (Fsp3) is 0.471. The van der Waals surface area contributed by atoms with Crippen LogP contribution in [-0.4, -0.2) is 77.6 Å². The van der Waals surface area contributed by atoms with Crippen LogP contribution in [0.3, 0.4) is 0 Å². The first-order valence-electron chi connectivity index (χ1n) is 15.3. The first-order valence-corrected chi connectivity index (χ1v) is 15.3. The number of halogens is 2. The van der Waals surface area contributed by atoms with E-state index < -0.39 is 23.6 Å². The number of likely N-dealkylation sites (tertiary alicyclic amines) is 1. The van der Waals surface area contributed by atoms with Crippen LogP contribution in [0.5, 0.6) is 6.01 Å². The van der Waals surface area contributed by atoms with Gasteiger partial charge in [-0.1, -0.05) is 44.7 Å². The summed E-state index contributed by atoms with van der Waals surface area (Å²) in [6, 6.07) is 11.5. The molecule has 0 unspecified atom stereocenters. The van der Waals surface area contributed by atoms with Crippen molar-refractivity contribution >= 4 is 22.6 Å². The minimum Gasteiger partial charge on any atom is -0.462 e. The second kappa shape index (κ2) is 11.8. The Morgan fingerprint density at radius 1 is 1.14 bits per heavy atom. The number of ether oxygens (including phenoxy) is 1. The number of hydrogen-bond acceptors (Lipinski definition) is 7. The third-order valence-corrected chi connectivity index (χ3v) is 9.33. The normalized spacial score (nSPS) is 21.4. The molecule has 3 aromatic rings. The molecule has 1 aromatic heterocycles. The summed E-state index contributed by atoms with van der Waals surface area (Å²) in [6.07, 6.45) is 3.89. The lowest BCUT2D eigenvalue weighted by Gasteiger charge is -2.41. The quantitative estimate of drug-likeness (QED) is 0.334. The van der Waals surface area contributed by atoms with Crippen LogP contribution in [0.15, 0.2) is 42.7 Å². The molecule has 3 heterocycles. The Morgan fingerprint density at radius 3 is 2.68 bits per heavy atom. The van der Waals surface area contributed by atoms with Crippen molar-refractivity contribution in [2.75, 3.05) is 44.7 Å². The van der Waals surface area contributed by atoms with Crippen LogP contribution in [0.25, 0.3) is 22.0 Å². The molecule has 3 aliphatic rings. The lowest BCUT2D eigenvalue weighted by molar-refractivity contribution is -0.131. The van der Waals surface area contributed by atoms with Gasteiger partial charge < -0.3 is 19.4 Å². The molecule has 0 bridgehead atoms. The highest BCUT2D eigenvalue weighted by molar-refractivity contribution is 5.94. The molecule has 6 rings (SSSR count). The number of nitrogens with zero attached hydrogens (tertiary/aromatic N) is 6. The van der Waals surface area contributed by atoms with Crippen molar-refractivity contribution in [3.05, 3.63) is 59.7 Å². The molecule has 2 fully saturated rings. The smallest absolute Gasteiger partial charge is 0.319 e. The van der Waals surface area contributed by atoms with E-state index in [2.05, 4.69) is 49.5 Å². The van der Waals surface area contributed by atoms with E-state index in [1.807, 2.05) is 23.1 Å². The summed E-state index contributed by atoms with van der Waals surface area (Å²) in [5.41, 5.74) is 4.03. The number of anilines is 1. The standard InChI is InChI=1S/C34H38F2N6O2/c1-21(35)32(43)42-16-15-41(19-23(42)12-13-37)31-27-11-10-26(25-9-5-7-22-17-34(2,3)18-28(22)25)29(36)30(27)38-33(39-31)44-20-24-8-6-14-40(24)4/h5,7,9-11,23-24H,1,6,8,12,14-20H2,2-4H3/t23-,24-/m0/s1. The average Bonchev–Trinajstić information content (AvgIpc) is 3.56. The lowest BCUT2D eigenvalue weighted by Crippen LogP contribution is -2.55. The van der Waals surface area contributed by atoms with Gasteiger partial charge in [-0.3, -0.25) is 4.79 Å². The summed E-state index contributed by atoms with van der Waals surface area (Å²) >= 11 is 0.